The molecule has 6 unspecified atom stereocenters. The normalized spacial score (nSPS) is 13.9. The molecule has 6 aliphatic heterocycles. The largest absolute Gasteiger partial charge is 0.494 e. The van der Waals surface area contributed by atoms with Crippen LogP contribution in [0.4, 0.5) is 0 Å². The minimum atomic E-state index is 0.196. The number of ether oxygens (including phenoxy) is 2. The number of hydrogen-bond donors (Lipinski definition) is 0. The topological polar surface area (TPSA) is 18.5 Å². The maximum atomic E-state index is 5.87. The zero-order chi connectivity index (χ0) is 101. The fraction of sp³-hybridized carbons (Fsp3) is 0.217. The lowest BCUT2D eigenvalue weighted by Gasteiger charge is -2.21. The van der Waals surface area contributed by atoms with Gasteiger partial charge in [-0.2, -0.15) is 0 Å². The van der Waals surface area contributed by atoms with Gasteiger partial charge >= 0.3 is 0 Å². The van der Waals surface area contributed by atoms with Crippen molar-refractivity contribution in [2.45, 2.75) is 248 Å². The van der Waals surface area contributed by atoms with E-state index in [9.17, 15) is 0 Å². The zero-order valence-corrected chi connectivity index (χ0v) is 91.5. The molecule has 6 aliphatic rings. The van der Waals surface area contributed by atoms with Gasteiger partial charge < -0.3 is 9.47 Å². The molecule has 0 amide bonds. The summed E-state index contributed by atoms with van der Waals surface area (Å²) in [5, 5.41) is 0. The molecule has 6 heterocycles. The lowest BCUT2D eigenvalue weighted by Crippen LogP contribution is -2.06. The van der Waals surface area contributed by atoms with E-state index in [1.54, 1.807) is 0 Å². The lowest BCUT2D eigenvalue weighted by molar-refractivity contribution is 0.242. The average molecular weight is 2010 g/mol. The molecule has 18 aromatic carbocycles. The molecule has 0 fully saturated rings. The monoisotopic (exact) mass is 2010 g/mol. The molecule has 732 valence electrons. The van der Waals surface area contributed by atoms with E-state index in [1.165, 1.54) is 215 Å². The first-order chi connectivity index (χ1) is 71.1. The molecule has 0 spiro atoms. The van der Waals surface area contributed by atoms with Gasteiger partial charge in [0.05, 0.1) is 12.7 Å². The van der Waals surface area contributed by atoms with Gasteiger partial charge in [0.2, 0.25) is 0 Å². The Labute approximate surface area is 894 Å². The van der Waals surface area contributed by atoms with E-state index >= 15 is 0 Å². The fourth-order valence-corrected chi connectivity index (χ4v) is 26.9. The first-order valence-corrected chi connectivity index (χ1v) is 57.1. The van der Waals surface area contributed by atoms with Crippen LogP contribution >= 0.6 is 70.6 Å². The molecule has 0 aliphatic carbocycles. The summed E-state index contributed by atoms with van der Waals surface area (Å²) in [4.78, 5) is 16.8. The highest BCUT2D eigenvalue weighted by molar-refractivity contribution is 8.00. The van der Waals surface area contributed by atoms with Crippen molar-refractivity contribution in [2.24, 2.45) is 0 Å². The molecule has 0 N–H and O–H groups in total. The van der Waals surface area contributed by atoms with Crippen LogP contribution in [0.25, 0.3) is 0 Å². The second kappa shape index (κ2) is 47.7. The van der Waals surface area contributed by atoms with Crippen molar-refractivity contribution in [1.29, 1.82) is 0 Å². The Morgan fingerprint density at radius 3 is 0.699 bits per heavy atom. The van der Waals surface area contributed by atoms with E-state index in [1.807, 2.05) is 89.6 Å². The van der Waals surface area contributed by atoms with E-state index in [2.05, 4.69) is 478 Å². The van der Waals surface area contributed by atoms with Crippen molar-refractivity contribution in [3.63, 3.8) is 0 Å². The Kier molecular flexibility index (Phi) is 33.4. The van der Waals surface area contributed by atoms with Crippen molar-refractivity contribution in [3.05, 3.63) is 556 Å². The maximum absolute atomic E-state index is 5.87. The highest BCUT2D eigenvalue weighted by atomic mass is 32.2. The Bertz CT molecular complexity index is 7520. The molecular formula is C138H132O2S6. The quantitative estimate of drug-likeness (QED) is 0.0835. The molecule has 0 bridgehead atoms. The predicted octanol–water partition coefficient (Wildman–Crippen LogP) is 38.9. The molecular weight excluding hydrogens is 1880 g/mol. The number of rotatable bonds is 18. The Balaban J connectivity index is 0.000000111. The van der Waals surface area contributed by atoms with Crippen molar-refractivity contribution in [3.8, 4) is 11.5 Å². The van der Waals surface area contributed by atoms with Gasteiger partial charge in [0.15, 0.2) is 0 Å². The number of hydrogen-bond acceptors (Lipinski definition) is 8. The molecule has 0 aromatic heterocycles. The van der Waals surface area contributed by atoms with Gasteiger partial charge in [0, 0.05) is 94.3 Å². The van der Waals surface area contributed by atoms with Crippen LogP contribution in [0, 0.1) is 13.8 Å². The summed E-state index contributed by atoms with van der Waals surface area (Å²) in [5.74, 6) is 4.90. The first-order valence-electron chi connectivity index (χ1n) is 52.2. The summed E-state index contributed by atoms with van der Waals surface area (Å²) in [6, 6.07) is 147. The molecule has 0 saturated carbocycles. The third-order valence-electron chi connectivity index (χ3n) is 29.4. The number of aryl methyl sites for hydroxylation is 3. The van der Waals surface area contributed by atoms with E-state index in [0.717, 1.165) is 56.4 Å². The van der Waals surface area contributed by atoms with Gasteiger partial charge in [-0.3, -0.25) is 0 Å². The van der Waals surface area contributed by atoms with Gasteiger partial charge in [-0.1, -0.05) is 447 Å². The lowest BCUT2D eigenvalue weighted by atomic mass is 9.89. The van der Waals surface area contributed by atoms with E-state index in [0.29, 0.717) is 48.0 Å². The molecule has 8 heteroatoms. The van der Waals surface area contributed by atoms with Crippen LogP contribution in [0.15, 0.2) is 459 Å². The van der Waals surface area contributed by atoms with Crippen LogP contribution in [-0.2, 0) is 44.9 Å². The number of fused-ring (bicyclic) bond motifs is 12. The Hall–Kier alpha value is -12.3. The summed E-state index contributed by atoms with van der Waals surface area (Å²) in [7, 11) is 0. The van der Waals surface area contributed by atoms with Crippen LogP contribution in [0.2, 0.25) is 0 Å². The molecule has 0 radical (unpaired) electrons. The summed E-state index contributed by atoms with van der Waals surface area (Å²) < 4.78 is 11.5. The first kappa shape index (κ1) is 102. The third kappa shape index (κ3) is 24.9. The van der Waals surface area contributed by atoms with Crippen LogP contribution in [0.1, 0.15) is 280 Å². The van der Waals surface area contributed by atoms with Gasteiger partial charge in [0.25, 0.3) is 0 Å². The smallest absolute Gasteiger partial charge is 0.119 e. The molecule has 24 rings (SSSR count). The average Bonchev–Trinajstić information content (AvgIpc) is 0.805. The van der Waals surface area contributed by atoms with Crippen LogP contribution in [0.3, 0.4) is 0 Å². The fourth-order valence-electron chi connectivity index (χ4n) is 20.6. The maximum Gasteiger partial charge on any atom is 0.119 e. The molecule has 18 aromatic rings. The second-order valence-corrected chi connectivity index (χ2v) is 46.9. The zero-order valence-electron chi connectivity index (χ0n) is 86.6. The van der Waals surface area contributed by atoms with Gasteiger partial charge in [-0.25, -0.2) is 0 Å². The van der Waals surface area contributed by atoms with Crippen molar-refractivity contribution >= 4 is 70.6 Å². The van der Waals surface area contributed by atoms with Crippen molar-refractivity contribution in [1.82, 2.24) is 0 Å². The SMILES string of the molecule is CC(C)Oc1cccc(C(C)c2ccc3c(c2)Cc2ccccc2S3)c1.CC(C)c1cccc(C(C)c2ccc3c(c2)Cc2ccccc2S3)c1.CCOc1cccc(C(C)c2ccc3c(c2)Cc2ccccc2S3)c1.CCc1cccc(C(C)c2ccc3c(c2)Cc2ccccc2S3)c1.Cc1cccc(C(C)c2ccc3c(c2)Cc2ccccc2S3)c1.Cc1cccc(C(C)c2ccc3c(c2)Cc2ccccc2S3)c1. The van der Waals surface area contributed by atoms with E-state index < -0.39 is 0 Å². The van der Waals surface area contributed by atoms with Crippen LogP contribution in [-0.4, -0.2) is 12.7 Å². The standard InChI is InChI=1S/C24H24OS.C24H24S.C23H22OS.C23H22S.2C22H20S/c1-16(2)25-22-9-6-8-18(15-22)17(3)19-11-12-24-21(13-19)14-20-7-4-5-10-23(20)26-24;1-16(2)18-8-6-9-19(13-18)17(3)20-11-12-24-22(14-20)15-21-7-4-5-10-23(21)25-24;1-3-24-21-9-6-8-17(15-21)16(2)18-11-12-23-20(13-18)14-19-7-4-5-10-22(19)25-23;1-3-17-7-6-9-18(13-17)16(2)19-11-12-23-21(14-19)15-20-8-4-5-10-22(20)24-23;2*1-15-6-5-8-17(12-15)16(2)18-10-11-22-20(13-18)14-19-7-3-4-9-21(19)23-22/h4-13,15-17H,14H2,1-3H3;4-14,16-17H,15H2,1-3H3;4-13,15-16H,3,14H2,1-2H3;4-14,16H,3,15H2,1-2H3;2*3-13,16H,14H2,1-2H3. The van der Waals surface area contributed by atoms with Crippen molar-refractivity contribution < 1.29 is 9.47 Å². The molecule has 0 saturated heterocycles. The third-order valence-corrected chi connectivity index (χ3v) is 36.8. The Morgan fingerprint density at radius 1 is 0.199 bits per heavy atom. The summed E-state index contributed by atoms with van der Waals surface area (Å²) >= 11 is 11.4. The number of benzene rings is 18. The minimum Gasteiger partial charge on any atom is -0.494 e. The molecule has 2 nitrogen and oxygen atoms in total. The predicted molar refractivity (Wildman–Crippen MR) is 623 cm³/mol. The summed E-state index contributed by atoms with van der Waals surface area (Å²) in [6.07, 6.45) is 7.53. The molecule has 6 atom stereocenters. The van der Waals surface area contributed by atoms with Gasteiger partial charge in [0.1, 0.15) is 11.5 Å². The van der Waals surface area contributed by atoms with E-state index in [4.69, 9.17) is 9.47 Å². The summed E-state index contributed by atoms with van der Waals surface area (Å²) in [6.45, 7) is 31.7. The van der Waals surface area contributed by atoms with Gasteiger partial charge in [-0.15, -0.1) is 0 Å². The molecule has 146 heavy (non-hydrogen) atoms. The minimum absolute atomic E-state index is 0.196. The summed E-state index contributed by atoms with van der Waals surface area (Å²) in [5.41, 5.74) is 39.5. The van der Waals surface area contributed by atoms with Crippen LogP contribution in [0.5, 0.6) is 11.5 Å². The second-order valence-electron chi connectivity index (χ2n) is 40.3. The van der Waals surface area contributed by atoms with E-state index in [-0.39, 0.29) is 6.10 Å². The van der Waals surface area contributed by atoms with Gasteiger partial charge in [-0.05, 0) is 327 Å². The highest BCUT2D eigenvalue weighted by Gasteiger charge is 2.27. The van der Waals surface area contributed by atoms with Crippen molar-refractivity contribution in [2.75, 3.05) is 6.61 Å². The van der Waals surface area contributed by atoms with Crippen LogP contribution < -0.4 is 9.47 Å². The highest BCUT2D eigenvalue weighted by Crippen LogP contribution is 2.49. The Morgan fingerprint density at radius 2 is 0.425 bits per heavy atom.